The minimum Gasteiger partial charge on any atom is -0.465 e. The zero-order chi connectivity index (χ0) is 23.6. The molecule has 0 aromatic heterocycles. The van der Waals surface area contributed by atoms with Gasteiger partial charge in [-0.3, -0.25) is 19.4 Å². The van der Waals surface area contributed by atoms with Crippen molar-refractivity contribution in [3.05, 3.63) is 40.3 Å². The van der Waals surface area contributed by atoms with Crippen molar-refractivity contribution < 1.29 is 23.9 Å². The summed E-state index contributed by atoms with van der Waals surface area (Å²) in [5.41, 5.74) is 1.24. The van der Waals surface area contributed by atoms with Crippen molar-refractivity contribution in [1.82, 2.24) is 15.1 Å². The van der Waals surface area contributed by atoms with Crippen LogP contribution in [-0.2, 0) is 19.1 Å². The predicted octanol–water partition coefficient (Wildman–Crippen LogP) is 2.29. The van der Waals surface area contributed by atoms with Crippen LogP contribution in [0.25, 0.3) is 6.08 Å². The molecule has 2 heterocycles. The number of rotatable bonds is 10. The lowest BCUT2D eigenvalue weighted by Gasteiger charge is -2.26. The summed E-state index contributed by atoms with van der Waals surface area (Å²) in [7, 11) is 1.33. The molecule has 1 N–H and O–H groups in total. The van der Waals surface area contributed by atoms with E-state index in [4.69, 9.17) is 21.7 Å². The molecule has 2 fully saturated rings. The summed E-state index contributed by atoms with van der Waals surface area (Å²) in [6.07, 6.45) is 3.55. The highest BCUT2D eigenvalue weighted by atomic mass is 32.2. The number of ether oxygens (including phenoxy) is 2. The van der Waals surface area contributed by atoms with Crippen molar-refractivity contribution in [2.45, 2.75) is 19.3 Å². The van der Waals surface area contributed by atoms with Crippen LogP contribution in [0, 0.1) is 0 Å². The fourth-order valence-electron chi connectivity index (χ4n) is 3.52. The number of hydrogen-bond acceptors (Lipinski definition) is 8. The number of carbonyl (C=O) groups is 3. The van der Waals surface area contributed by atoms with E-state index in [0.717, 1.165) is 44.8 Å². The third kappa shape index (κ3) is 7.63. The van der Waals surface area contributed by atoms with Crippen LogP contribution in [-0.4, -0.2) is 85.0 Å². The van der Waals surface area contributed by atoms with Gasteiger partial charge in [0.1, 0.15) is 4.32 Å². The maximum atomic E-state index is 12.7. The van der Waals surface area contributed by atoms with Gasteiger partial charge >= 0.3 is 5.97 Å². The van der Waals surface area contributed by atoms with E-state index >= 15 is 0 Å². The van der Waals surface area contributed by atoms with Crippen molar-refractivity contribution in [2.24, 2.45) is 0 Å². The second-order valence-electron chi connectivity index (χ2n) is 7.71. The first-order valence-electron chi connectivity index (χ1n) is 11.0. The molecule has 33 heavy (non-hydrogen) atoms. The van der Waals surface area contributed by atoms with Crippen LogP contribution in [0.1, 0.15) is 35.2 Å². The highest BCUT2D eigenvalue weighted by molar-refractivity contribution is 8.26. The summed E-state index contributed by atoms with van der Waals surface area (Å²) in [5, 5.41) is 2.95. The number of morpholine rings is 1. The molecule has 0 radical (unpaired) electrons. The van der Waals surface area contributed by atoms with Crippen LogP contribution < -0.4 is 5.32 Å². The molecule has 178 valence electrons. The first kappa shape index (κ1) is 25.4. The minimum absolute atomic E-state index is 0.0105. The Kier molecular flexibility index (Phi) is 9.86. The molecule has 3 rings (SSSR count). The average Bonchev–Trinajstić information content (AvgIpc) is 3.09. The number of benzene rings is 1. The number of thiocarbonyl (C=S) groups is 1. The topological polar surface area (TPSA) is 88.2 Å². The van der Waals surface area contributed by atoms with Crippen molar-refractivity contribution >= 4 is 52.2 Å². The molecular weight excluding hydrogens is 462 g/mol. The van der Waals surface area contributed by atoms with E-state index in [1.54, 1.807) is 35.2 Å². The first-order chi connectivity index (χ1) is 16.0. The van der Waals surface area contributed by atoms with Gasteiger partial charge in [-0.2, -0.15) is 0 Å². The summed E-state index contributed by atoms with van der Waals surface area (Å²) >= 11 is 6.60. The molecule has 1 aromatic rings. The Labute approximate surface area is 203 Å². The number of hydrogen-bond donors (Lipinski definition) is 1. The monoisotopic (exact) mass is 491 g/mol. The van der Waals surface area contributed by atoms with E-state index in [-0.39, 0.29) is 11.8 Å². The molecule has 2 saturated heterocycles. The van der Waals surface area contributed by atoms with Crippen molar-refractivity contribution in [1.29, 1.82) is 0 Å². The van der Waals surface area contributed by atoms with Crippen LogP contribution in [0.15, 0.2) is 29.2 Å². The lowest BCUT2D eigenvalue weighted by atomic mass is 10.1. The fourth-order valence-corrected chi connectivity index (χ4v) is 4.83. The van der Waals surface area contributed by atoms with Crippen molar-refractivity contribution in [3.8, 4) is 0 Å². The number of nitrogens with zero attached hydrogens (tertiary/aromatic N) is 2. The third-order valence-corrected chi connectivity index (χ3v) is 6.74. The van der Waals surface area contributed by atoms with E-state index in [0.29, 0.717) is 40.7 Å². The normalized spacial score (nSPS) is 18.1. The number of amides is 2. The third-order valence-electron chi connectivity index (χ3n) is 5.37. The van der Waals surface area contributed by atoms with E-state index in [9.17, 15) is 14.4 Å². The largest absolute Gasteiger partial charge is 0.465 e. The van der Waals surface area contributed by atoms with Gasteiger partial charge in [0.25, 0.3) is 5.91 Å². The Balaban J connectivity index is 1.39. The minimum atomic E-state index is -0.408. The maximum Gasteiger partial charge on any atom is 0.337 e. The molecule has 2 aliphatic heterocycles. The Morgan fingerprint density at radius 3 is 2.61 bits per heavy atom. The van der Waals surface area contributed by atoms with E-state index in [1.165, 1.54) is 18.9 Å². The number of nitrogens with one attached hydrogen (secondary N) is 1. The quantitative estimate of drug-likeness (QED) is 0.231. The molecule has 0 saturated carbocycles. The molecule has 0 bridgehead atoms. The van der Waals surface area contributed by atoms with Crippen LogP contribution >= 0.6 is 24.0 Å². The average molecular weight is 492 g/mol. The number of methoxy groups -OCH3 is 1. The van der Waals surface area contributed by atoms with Crippen LogP contribution in [0.2, 0.25) is 0 Å². The number of thioether (sulfide) groups is 1. The zero-order valence-corrected chi connectivity index (χ0v) is 20.3. The number of esters is 1. The molecule has 2 aliphatic rings. The van der Waals surface area contributed by atoms with Gasteiger partial charge in [-0.05, 0) is 43.2 Å². The summed E-state index contributed by atoms with van der Waals surface area (Å²) in [4.78, 5) is 40.8. The fraction of sp³-hybridized carbons (Fsp3) is 0.478. The molecular formula is C23H29N3O5S2. The van der Waals surface area contributed by atoms with Gasteiger partial charge in [-0.15, -0.1) is 0 Å². The standard InChI is InChI=1S/C23H29N3O5S2/c1-30-22(29)18-7-5-17(6-8-18)16-19-21(28)26(23(32)33-19)11-2-4-20(27)24-9-3-10-25-12-14-31-15-13-25/h5-8,16H,2-4,9-15H2,1H3,(H,24,27)/b19-16-. The summed E-state index contributed by atoms with van der Waals surface area (Å²) in [5.74, 6) is -0.578. The van der Waals surface area contributed by atoms with Gasteiger partial charge in [0.2, 0.25) is 5.91 Å². The smallest absolute Gasteiger partial charge is 0.337 e. The molecule has 10 heteroatoms. The Hall–Kier alpha value is -2.27. The maximum absolute atomic E-state index is 12.7. The lowest BCUT2D eigenvalue weighted by Crippen LogP contribution is -2.38. The van der Waals surface area contributed by atoms with Crippen LogP contribution in [0.5, 0.6) is 0 Å². The van der Waals surface area contributed by atoms with Gasteiger partial charge in [0.15, 0.2) is 0 Å². The Bertz CT molecular complexity index is 898. The van der Waals surface area contributed by atoms with Gasteiger partial charge < -0.3 is 14.8 Å². The van der Waals surface area contributed by atoms with Crippen LogP contribution in [0.3, 0.4) is 0 Å². The zero-order valence-electron chi connectivity index (χ0n) is 18.7. The second-order valence-corrected chi connectivity index (χ2v) is 9.38. The molecule has 0 aliphatic carbocycles. The van der Waals surface area contributed by atoms with Crippen molar-refractivity contribution in [3.63, 3.8) is 0 Å². The van der Waals surface area contributed by atoms with E-state index in [2.05, 4.69) is 10.2 Å². The molecule has 0 atom stereocenters. The van der Waals surface area contributed by atoms with Crippen molar-refractivity contribution in [2.75, 3.05) is 53.0 Å². The second kappa shape index (κ2) is 12.8. The summed E-state index contributed by atoms with van der Waals surface area (Å²) in [6, 6.07) is 6.81. The van der Waals surface area contributed by atoms with E-state index in [1.807, 2.05) is 0 Å². The Morgan fingerprint density at radius 1 is 1.18 bits per heavy atom. The van der Waals surface area contributed by atoms with Gasteiger partial charge in [0.05, 0.1) is 30.8 Å². The molecule has 2 amide bonds. The summed E-state index contributed by atoms with van der Waals surface area (Å²) in [6.45, 7) is 5.47. The highest BCUT2D eigenvalue weighted by Crippen LogP contribution is 2.32. The molecule has 0 spiro atoms. The number of carbonyl (C=O) groups excluding carboxylic acids is 3. The molecule has 8 nitrogen and oxygen atoms in total. The van der Waals surface area contributed by atoms with Gasteiger partial charge in [-0.1, -0.05) is 36.1 Å². The first-order valence-corrected chi connectivity index (χ1v) is 12.2. The van der Waals surface area contributed by atoms with E-state index < -0.39 is 5.97 Å². The molecule has 0 unspecified atom stereocenters. The SMILES string of the molecule is COC(=O)c1ccc(/C=C2\SC(=S)N(CCCC(=O)NCCCN3CCOCC3)C2=O)cc1. The van der Waals surface area contributed by atoms with Gasteiger partial charge in [-0.25, -0.2) is 4.79 Å². The summed E-state index contributed by atoms with van der Waals surface area (Å²) < 4.78 is 10.5. The highest BCUT2D eigenvalue weighted by Gasteiger charge is 2.31. The lowest BCUT2D eigenvalue weighted by molar-refractivity contribution is -0.124. The van der Waals surface area contributed by atoms with Gasteiger partial charge in [0, 0.05) is 32.6 Å². The molecule has 1 aromatic carbocycles. The Morgan fingerprint density at radius 2 is 1.91 bits per heavy atom. The predicted molar refractivity (Wildman–Crippen MR) is 132 cm³/mol. The van der Waals surface area contributed by atoms with Crippen LogP contribution in [0.4, 0.5) is 0 Å².